The number of rotatable bonds is 3. The molecule has 1 aromatic heterocycles. The minimum Gasteiger partial charge on any atom is -0.363 e. The van der Waals surface area contributed by atoms with Crippen molar-refractivity contribution in [3.05, 3.63) is 5.01 Å². The van der Waals surface area contributed by atoms with Crippen LogP contribution in [0.2, 0.25) is 0 Å². The van der Waals surface area contributed by atoms with E-state index in [9.17, 15) is 0 Å². The van der Waals surface area contributed by atoms with Crippen LogP contribution in [-0.2, 0) is 6.54 Å². The Morgan fingerprint density at radius 2 is 2.27 bits per heavy atom. The maximum Gasteiger partial charge on any atom is 0.205 e. The monoisotopic (exact) mass is 226 g/mol. The lowest BCUT2D eigenvalue weighted by Crippen LogP contribution is -2.22. The SMILES string of the molecule is CNc1nnc(CN2CCC(C)(C)C2)s1. The van der Waals surface area contributed by atoms with Crippen LogP contribution in [0.5, 0.6) is 0 Å². The molecule has 0 unspecified atom stereocenters. The summed E-state index contributed by atoms with van der Waals surface area (Å²) in [5.74, 6) is 0. The molecule has 0 bridgehead atoms. The van der Waals surface area contributed by atoms with Gasteiger partial charge in [-0.2, -0.15) is 0 Å². The van der Waals surface area contributed by atoms with Crippen LogP contribution < -0.4 is 5.32 Å². The molecule has 15 heavy (non-hydrogen) atoms. The van der Waals surface area contributed by atoms with Crippen molar-refractivity contribution in [2.45, 2.75) is 26.8 Å². The summed E-state index contributed by atoms with van der Waals surface area (Å²) in [6.07, 6.45) is 1.28. The number of nitrogens with one attached hydrogen (secondary N) is 1. The maximum absolute atomic E-state index is 4.16. The Bertz CT molecular complexity index is 334. The van der Waals surface area contributed by atoms with Crippen molar-refractivity contribution in [2.24, 2.45) is 5.41 Å². The molecule has 0 radical (unpaired) electrons. The van der Waals surface area contributed by atoms with Gasteiger partial charge in [0.1, 0.15) is 5.01 Å². The van der Waals surface area contributed by atoms with Gasteiger partial charge >= 0.3 is 0 Å². The first-order chi connectivity index (χ1) is 7.09. The molecule has 1 aromatic rings. The number of likely N-dealkylation sites (tertiary alicyclic amines) is 1. The van der Waals surface area contributed by atoms with Crippen molar-refractivity contribution in [1.82, 2.24) is 15.1 Å². The first-order valence-electron chi connectivity index (χ1n) is 5.31. The standard InChI is InChI=1S/C10H18N4S/c1-10(2)4-5-14(7-10)6-8-12-13-9(11-3)15-8/h4-7H2,1-3H3,(H,11,13). The van der Waals surface area contributed by atoms with Gasteiger partial charge in [-0.3, -0.25) is 4.90 Å². The summed E-state index contributed by atoms with van der Waals surface area (Å²) in [5, 5.41) is 13.2. The number of aromatic nitrogens is 2. The Morgan fingerprint density at radius 1 is 1.47 bits per heavy atom. The summed E-state index contributed by atoms with van der Waals surface area (Å²) in [6.45, 7) is 7.95. The van der Waals surface area contributed by atoms with Gasteiger partial charge < -0.3 is 5.32 Å². The van der Waals surface area contributed by atoms with Gasteiger partial charge in [-0.25, -0.2) is 0 Å². The Hall–Kier alpha value is -0.680. The Morgan fingerprint density at radius 3 is 2.80 bits per heavy atom. The van der Waals surface area contributed by atoms with Gasteiger partial charge in [0.2, 0.25) is 5.13 Å². The summed E-state index contributed by atoms with van der Waals surface area (Å²) in [4.78, 5) is 2.46. The third-order valence-corrected chi connectivity index (χ3v) is 3.72. The van der Waals surface area contributed by atoms with Crippen LogP contribution in [-0.4, -0.2) is 35.2 Å². The highest BCUT2D eigenvalue weighted by Gasteiger charge is 2.29. The van der Waals surface area contributed by atoms with Crippen LogP contribution in [0.1, 0.15) is 25.3 Å². The van der Waals surface area contributed by atoms with E-state index in [2.05, 4.69) is 34.3 Å². The molecular formula is C10H18N4S. The van der Waals surface area contributed by atoms with E-state index in [4.69, 9.17) is 0 Å². The molecule has 0 amide bonds. The second kappa shape index (κ2) is 4.06. The first-order valence-corrected chi connectivity index (χ1v) is 6.13. The lowest BCUT2D eigenvalue weighted by Gasteiger charge is -2.18. The molecule has 0 atom stereocenters. The fourth-order valence-corrected chi connectivity index (χ4v) is 2.70. The van der Waals surface area contributed by atoms with Crippen LogP contribution in [0.3, 0.4) is 0 Å². The topological polar surface area (TPSA) is 41.1 Å². The van der Waals surface area contributed by atoms with E-state index >= 15 is 0 Å². The molecule has 4 nitrogen and oxygen atoms in total. The quantitative estimate of drug-likeness (QED) is 0.853. The van der Waals surface area contributed by atoms with Crippen LogP contribution in [0, 0.1) is 5.41 Å². The van der Waals surface area contributed by atoms with Crippen molar-refractivity contribution in [2.75, 3.05) is 25.5 Å². The lowest BCUT2D eigenvalue weighted by molar-refractivity contribution is 0.283. The molecule has 1 aliphatic heterocycles. The fourth-order valence-electron chi connectivity index (χ4n) is 1.97. The molecule has 2 heterocycles. The third-order valence-electron chi connectivity index (χ3n) is 2.80. The van der Waals surface area contributed by atoms with Crippen molar-refractivity contribution in [3.8, 4) is 0 Å². The normalized spacial score (nSPS) is 20.7. The number of hydrogen-bond acceptors (Lipinski definition) is 5. The van der Waals surface area contributed by atoms with Crippen LogP contribution in [0.4, 0.5) is 5.13 Å². The minimum absolute atomic E-state index is 0.469. The molecule has 1 fully saturated rings. The second-order valence-electron chi connectivity index (χ2n) is 4.88. The average Bonchev–Trinajstić information content (AvgIpc) is 2.73. The van der Waals surface area contributed by atoms with E-state index in [1.165, 1.54) is 19.5 Å². The van der Waals surface area contributed by atoms with Gasteiger partial charge in [0, 0.05) is 13.6 Å². The molecule has 0 saturated carbocycles. The third kappa shape index (κ3) is 2.66. The molecule has 1 saturated heterocycles. The number of nitrogens with zero attached hydrogens (tertiary/aromatic N) is 3. The molecule has 0 aromatic carbocycles. The predicted molar refractivity (Wildman–Crippen MR) is 63.1 cm³/mol. The lowest BCUT2D eigenvalue weighted by atomic mass is 9.93. The largest absolute Gasteiger partial charge is 0.363 e. The number of hydrogen-bond donors (Lipinski definition) is 1. The predicted octanol–water partition coefficient (Wildman–Crippen LogP) is 1.81. The van der Waals surface area contributed by atoms with Crippen LogP contribution in [0.25, 0.3) is 0 Å². The molecule has 0 aliphatic carbocycles. The summed E-state index contributed by atoms with van der Waals surface area (Å²) < 4.78 is 0. The average molecular weight is 226 g/mol. The van der Waals surface area contributed by atoms with Gasteiger partial charge in [0.05, 0.1) is 6.54 Å². The van der Waals surface area contributed by atoms with Gasteiger partial charge in [0.15, 0.2) is 0 Å². The van der Waals surface area contributed by atoms with Gasteiger partial charge in [0.25, 0.3) is 0 Å². The Labute approximate surface area is 94.7 Å². The zero-order chi connectivity index (χ0) is 10.9. The highest BCUT2D eigenvalue weighted by atomic mass is 32.1. The van der Waals surface area contributed by atoms with Crippen molar-refractivity contribution in [1.29, 1.82) is 0 Å². The fraction of sp³-hybridized carbons (Fsp3) is 0.800. The molecular weight excluding hydrogens is 208 g/mol. The summed E-state index contributed by atoms with van der Waals surface area (Å²) in [7, 11) is 1.88. The zero-order valence-corrected chi connectivity index (χ0v) is 10.4. The van der Waals surface area contributed by atoms with E-state index in [0.717, 1.165) is 16.7 Å². The Kier molecular flexibility index (Phi) is 2.93. The zero-order valence-electron chi connectivity index (χ0n) is 9.58. The maximum atomic E-state index is 4.16. The molecule has 0 spiro atoms. The van der Waals surface area contributed by atoms with Gasteiger partial charge in [-0.1, -0.05) is 25.2 Å². The van der Waals surface area contributed by atoms with E-state index < -0.39 is 0 Å². The minimum atomic E-state index is 0.469. The van der Waals surface area contributed by atoms with Crippen molar-refractivity contribution in [3.63, 3.8) is 0 Å². The van der Waals surface area contributed by atoms with Crippen molar-refractivity contribution < 1.29 is 0 Å². The number of anilines is 1. The summed E-state index contributed by atoms with van der Waals surface area (Å²) >= 11 is 1.64. The molecule has 2 rings (SSSR count). The van der Waals surface area contributed by atoms with E-state index in [1.54, 1.807) is 11.3 Å². The van der Waals surface area contributed by atoms with Gasteiger partial charge in [-0.15, -0.1) is 10.2 Å². The van der Waals surface area contributed by atoms with Crippen LogP contribution in [0.15, 0.2) is 0 Å². The van der Waals surface area contributed by atoms with E-state index in [0.29, 0.717) is 5.41 Å². The van der Waals surface area contributed by atoms with Gasteiger partial charge in [-0.05, 0) is 18.4 Å². The molecule has 84 valence electrons. The summed E-state index contributed by atoms with van der Waals surface area (Å²) in [6, 6.07) is 0. The first kappa shape index (κ1) is 10.8. The highest BCUT2D eigenvalue weighted by molar-refractivity contribution is 7.15. The summed E-state index contributed by atoms with van der Waals surface area (Å²) in [5.41, 5.74) is 0.469. The smallest absolute Gasteiger partial charge is 0.205 e. The molecule has 1 aliphatic rings. The Balaban J connectivity index is 1.92. The second-order valence-corrected chi connectivity index (χ2v) is 5.94. The van der Waals surface area contributed by atoms with Crippen LogP contribution >= 0.6 is 11.3 Å². The molecule has 5 heteroatoms. The van der Waals surface area contributed by atoms with E-state index in [1.807, 2.05) is 7.05 Å². The highest BCUT2D eigenvalue weighted by Crippen LogP contribution is 2.30. The van der Waals surface area contributed by atoms with Crippen molar-refractivity contribution >= 4 is 16.5 Å². The van der Waals surface area contributed by atoms with E-state index in [-0.39, 0.29) is 0 Å². The molecule has 1 N–H and O–H groups in total.